The molecule has 1 aromatic carbocycles. The fraction of sp³-hybridized carbons (Fsp3) is 0.500. The minimum absolute atomic E-state index is 0.334. The third-order valence-corrected chi connectivity index (χ3v) is 2.95. The van der Waals surface area contributed by atoms with E-state index in [-0.39, 0.29) is 6.61 Å². The van der Waals surface area contributed by atoms with Crippen LogP contribution in [0.2, 0.25) is 0 Å². The number of benzene rings is 1. The van der Waals surface area contributed by atoms with Crippen molar-refractivity contribution < 1.29 is 17.9 Å². The van der Waals surface area contributed by atoms with E-state index in [1.165, 1.54) is 0 Å². The van der Waals surface area contributed by atoms with Gasteiger partial charge in [-0.15, -0.1) is 0 Å². The molecule has 5 heteroatoms. The Morgan fingerprint density at radius 2 is 1.71 bits per heavy atom. The van der Waals surface area contributed by atoms with Crippen molar-refractivity contribution in [2.45, 2.75) is 31.8 Å². The molecule has 0 unspecified atom stereocenters. The monoisotopic (exact) mass is 310 g/mol. The van der Waals surface area contributed by atoms with Crippen molar-refractivity contribution in [2.75, 3.05) is 6.61 Å². The van der Waals surface area contributed by atoms with Gasteiger partial charge in [-0.2, -0.15) is 13.2 Å². The van der Waals surface area contributed by atoms with Crippen molar-refractivity contribution in [3.63, 3.8) is 0 Å². The molecule has 0 amide bonds. The average molecular weight is 311 g/mol. The summed E-state index contributed by atoms with van der Waals surface area (Å²) in [6.07, 6.45) is -5.09. The van der Waals surface area contributed by atoms with Gasteiger partial charge in [0.25, 0.3) is 0 Å². The van der Waals surface area contributed by atoms with E-state index in [1.54, 1.807) is 0 Å². The highest BCUT2D eigenvalue weighted by atomic mass is 79.9. The molecule has 0 heterocycles. The van der Waals surface area contributed by atoms with Crippen LogP contribution in [-0.4, -0.2) is 12.8 Å². The SMILES string of the molecule is Cc1cc(CBr)cc(C)c1OCCC(F)(F)F. The zero-order valence-electron chi connectivity index (χ0n) is 9.70. The van der Waals surface area contributed by atoms with Gasteiger partial charge in [0.15, 0.2) is 0 Å². The summed E-state index contributed by atoms with van der Waals surface area (Å²) >= 11 is 3.34. The van der Waals surface area contributed by atoms with Crippen LogP contribution in [0.15, 0.2) is 12.1 Å². The van der Waals surface area contributed by atoms with Crippen LogP contribution in [0.3, 0.4) is 0 Å². The number of hydrogen-bond acceptors (Lipinski definition) is 1. The average Bonchev–Trinajstić information content (AvgIpc) is 2.20. The molecule has 0 atom stereocenters. The zero-order chi connectivity index (χ0) is 13.1. The van der Waals surface area contributed by atoms with Crippen molar-refractivity contribution in [1.29, 1.82) is 0 Å². The second-order valence-corrected chi connectivity index (χ2v) is 4.47. The molecular weight excluding hydrogens is 297 g/mol. The van der Waals surface area contributed by atoms with E-state index in [1.807, 2.05) is 26.0 Å². The maximum absolute atomic E-state index is 12.0. The van der Waals surface area contributed by atoms with Crippen LogP contribution in [-0.2, 0) is 5.33 Å². The molecular formula is C12H14BrF3O. The molecule has 1 rings (SSSR count). The Hall–Kier alpha value is -0.710. The lowest BCUT2D eigenvalue weighted by Gasteiger charge is -2.14. The number of halogens is 4. The first-order valence-corrected chi connectivity index (χ1v) is 6.31. The fourth-order valence-corrected chi connectivity index (χ4v) is 1.94. The molecule has 0 aliphatic carbocycles. The van der Waals surface area contributed by atoms with Gasteiger partial charge in [-0.05, 0) is 30.5 Å². The fourth-order valence-electron chi connectivity index (χ4n) is 1.61. The highest BCUT2D eigenvalue weighted by Crippen LogP contribution is 2.27. The maximum Gasteiger partial charge on any atom is 0.392 e. The van der Waals surface area contributed by atoms with Gasteiger partial charge < -0.3 is 4.74 Å². The van der Waals surface area contributed by atoms with E-state index in [9.17, 15) is 13.2 Å². The Labute approximate surface area is 107 Å². The van der Waals surface area contributed by atoms with Crippen LogP contribution in [0.25, 0.3) is 0 Å². The van der Waals surface area contributed by atoms with Gasteiger partial charge in [0.2, 0.25) is 0 Å². The zero-order valence-corrected chi connectivity index (χ0v) is 11.3. The van der Waals surface area contributed by atoms with Crippen molar-refractivity contribution in [3.8, 4) is 5.75 Å². The molecule has 0 N–H and O–H groups in total. The van der Waals surface area contributed by atoms with E-state index >= 15 is 0 Å². The Kier molecular flexibility index (Phi) is 4.86. The molecule has 1 nitrogen and oxygen atoms in total. The van der Waals surface area contributed by atoms with E-state index in [0.717, 1.165) is 22.0 Å². The lowest BCUT2D eigenvalue weighted by atomic mass is 10.1. The van der Waals surface area contributed by atoms with Gasteiger partial charge in [0, 0.05) is 5.33 Å². The van der Waals surface area contributed by atoms with Gasteiger partial charge in [0.1, 0.15) is 5.75 Å². The maximum atomic E-state index is 12.0. The summed E-state index contributed by atoms with van der Waals surface area (Å²) in [6.45, 7) is 3.34. The van der Waals surface area contributed by atoms with Crippen LogP contribution >= 0.6 is 15.9 Å². The predicted octanol–water partition coefficient (Wildman–Crippen LogP) is 4.53. The molecule has 0 spiro atoms. The highest BCUT2D eigenvalue weighted by molar-refractivity contribution is 9.08. The van der Waals surface area contributed by atoms with Gasteiger partial charge in [-0.1, -0.05) is 28.1 Å². The predicted molar refractivity (Wildman–Crippen MR) is 64.7 cm³/mol. The van der Waals surface area contributed by atoms with E-state index < -0.39 is 12.6 Å². The third kappa shape index (κ3) is 4.58. The molecule has 0 bridgehead atoms. The molecule has 0 radical (unpaired) electrons. The molecule has 0 aromatic heterocycles. The quantitative estimate of drug-likeness (QED) is 0.742. The second kappa shape index (κ2) is 5.76. The molecule has 96 valence electrons. The summed E-state index contributed by atoms with van der Waals surface area (Å²) in [7, 11) is 0. The lowest BCUT2D eigenvalue weighted by molar-refractivity contribution is -0.139. The van der Waals surface area contributed by atoms with Gasteiger partial charge >= 0.3 is 6.18 Å². The van der Waals surface area contributed by atoms with E-state index in [0.29, 0.717) is 5.75 Å². The summed E-state index contributed by atoms with van der Waals surface area (Å²) in [5.41, 5.74) is 2.81. The molecule has 0 aliphatic heterocycles. The number of rotatable bonds is 4. The van der Waals surface area contributed by atoms with Crippen LogP contribution in [0, 0.1) is 13.8 Å². The van der Waals surface area contributed by atoms with Gasteiger partial charge in [-0.25, -0.2) is 0 Å². The Bertz CT molecular complexity index is 365. The molecule has 0 fully saturated rings. The summed E-state index contributed by atoms with van der Waals surface area (Å²) in [6, 6.07) is 3.81. The topological polar surface area (TPSA) is 9.23 Å². The first-order valence-electron chi connectivity index (χ1n) is 5.19. The minimum atomic E-state index is -4.17. The summed E-state index contributed by atoms with van der Waals surface area (Å²) in [5.74, 6) is 0.555. The van der Waals surface area contributed by atoms with Crippen LogP contribution in [0.1, 0.15) is 23.1 Å². The molecule has 0 aliphatic rings. The Morgan fingerprint density at radius 1 is 1.18 bits per heavy atom. The molecule has 0 saturated carbocycles. The molecule has 0 saturated heterocycles. The number of alkyl halides is 4. The van der Waals surface area contributed by atoms with E-state index in [4.69, 9.17) is 4.74 Å². The second-order valence-electron chi connectivity index (χ2n) is 3.91. The number of hydrogen-bond donors (Lipinski definition) is 0. The normalized spacial score (nSPS) is 11.6. The van der Waals surface area contributed by atoms with Crippen LogP contribution in [0.5, 0.6) is 5.75 Å². The van der Waals surface area contributed by atoms with Crippen molar-refractivity contribution >= 4 is 15.9 Å². The first kappa shape index (κ1) is 14.4. The van der Waals surface area contributed by atoms with Gasteiger partial charge in [0.05, 0.1) is 13.0 Å². The molecule has 17 heavy (non-hydrogen) atoms. The Balaban J connectivity index is 2.72. The third-order valence-electron chi connectivity index (χ3n) is 2.31. The van der Waals surface area contributed by atoms with Crippen LogP contribution < -0.4 is 4.74 Å². The number of ether oxygens (including phenoxy) is 1. The summed E-state index contributed by atoms with van der Waals surface area (Å²) in [5, 5.41) is 0.720. The summed E-state index contributed by atoms with van der Waals surface area (Å²) < 4.78 is 41.2. The van der Waals surface area contributed by atoms with Gasteiger partial charge in [-0.3, -0.25) is 0 Å². The largest absolute Gasteiger partial charge is 0.493 e. The standard InChI is InChI=1S/C12H14BrF3O/c1-8-5-10(7-13)6-9(2)11(8)17-4-3-12(14,15)16/h5-6H,3-4,7H2,1-2H3. The summed E-state index contributed by atoms with van der Waals surface area (Å²) in [4.78, 5) is 0. The molecule has 1 aromatic rings. The number of aryl methyl sites for hydroxylation is 2. The van der Waals surface area contributed by atoms with Crippen molar-refractivity contribution in [3.05, 3.63) is 28.8 Å². The Morgan fingerprint density at radius 3 is 2.12 bits per heavy atom. The van der Waals surface area contributed by atoms with Crippen molar-refractivity contribution in [2.24, 2.45) is 0 Å². The lowest BCUT2D eigenvalue weighted by Crippen LogP contribution is -2.13. The minimum Gasteiger partial charge on any atom is -0.493 e. The first-order chi connectivity index (χ1) is 7.83. The van der Waals surface area contributed by atoms with Crippen molar-refractivity contribution in [1.82, 2.24) is 0 Å². The van der Waals surface area contributed by atoms with Crippen LogP contribution in [0.4, 0.5) is 13.2 Å². The van der Waals surface area contributed by atoms with E-state index in [2.05, 4.69) is 15.9 Å². The smallest absolute Gasteiger partial charge is 0.392 e. The highest BCUT2D eigenvalue weighted by Gasteiger charge is 2.27.